The van der Waals surface area contributed by atoms with E-state index in [4.69, 9.17) is 0 Å². The van der Waals surface area contributed by atoms with E-state index in [9.17, 15) is 22.8 Å². The molecule has 23 heavy (non-hydrogen) atoms. The average Bonchev–Trinajstić information content (AvgIpc) is 2.57. The van der Waals surface area contributed by atoms with Gasteiger partial charge in [0.2, 0.25) is 5.91 Å². The lowest BCUT2D eigenvalue weighted by Gasteiger charge is -2.08. The minimum absolute atomic E-state index is 0.162. The van der Waals surface area contributed by atoms with Gasteiger partial charge in [0.25, 0.3) is 5.91 Å². The zero-order valence-electron chi connectivity index (χ0n) is 11.8. The first-order chi connectivity index (χ1) is 11.0. The zero-order valence-corrected chi connectivity index (χ0v) is 11.8. The van der Waals surface area contributed by atoms with Crippen LogP contribution in [0.15, 0.2) is 36.5 Å². The van der Waals surface area contributed by atoms with Gasteiger partial charge in [-0.3, -0.25) is 14.6 Å². The molecule has 0 saturated heterocycles. The van der Waals surface area contributed by atoms with Gasteiger partial charge in [-0.1, -0.05) is 6.07 Å². The van der Waals surface area contributed by atoms with Crippen LogP contribution in [0.4, 0.5) is 13.2 Å². The highest BCUT2D eigenvalue weighted by molar-refractivity contribution is 5.96. The normalized spacial score (nSPS) is 10.2. The van der Waals surface area contributed by atoms with E-state index >= 15 is 0 Å². The minimum Gasteiger partial charge on any atom is -0.349 e. The molecule has 2 rings (SSSR count). The van der Waals surface area contributed by atoms with Crippen molar-refractivity contribution in [3.63, 3.8) is 0 Å². The predicted molar refractivity (Wildman–Crippen MR) is 74.7 cm³/mol. The summed E-state index contributed by atoms with van der Waals surface area (Å²) in [5, 5.41) is 4.62. The van der Waals surface area contributed by atoms with Crippen LogP contribution < -0.4 is 10.6 Å². The monoisotopic (exact) mass is 323 g/mol. The van der Waals surface area contributed by atoms with Crippen LogP contribution in [0.25, 0.3) is 0 Å². The topological polar surface area (TPSA) is 71.1 Å². The Morgan fingerprint density at radius 2 is 1.78 bits per heavy atom. The zero-order chi connectivity index (χ0) is 16.8. The number of nitrogens with one attached hydrogen (secondary N) is 2. The van der Waals surface area contributed by atoms with E-state index in [0.29, 0.717) is 11.8 Å². The number of pyridine rings is 1. The van der Waals surface area contributed by atoms with E-state index in [1.807, 2.05) is 0 Å². The molecule has 1 aromatic carbocycles. The molecule has 8 heteroatoms. The standard InChI is InChI=1S/C15H12F3N3O2/c16-11-5-4-10(13(17)14(11)18)15(23)21-8-12(22)20-7-9-3-1-2-6-19-9/h1-6H,7-8H2,(H,20,22)(H,21,23). The number of carbonyl (C=O) groups excluding carboxylic acids is 2. The maximum Gasteiger partial charge on any atom is 0.254 e. The molecule has 0 saturated carbocycles. The molecule has 0 fully saturated rings. The van der Waals surface area contributed by atoms with Crippen LogP contribution >= 0.6 is 0 Å². The van der Waals surface area contributed by atoms with Gasteiger partial charge in [0.15, 0.2) is 17.5 Å². The molecular weight excluding hydrogens is 311 g/mol. The van der Waals surface area contributed by atoms with Crippen LogP contribution in [0.1, 0.15) is 16.1 Å². The third-order valence-electron chi connectivity index (χ3n) is 2.88. The van der Waals surface area contributed by atoms with Gasteiger partial charge in [-0.2, -0.15) is 0 Å². The van der Waals surface area contributed by atoms with Crippen molar-refractivity contribution in [2.24, 2.45) is 0 Å². The van der Waals surface area contributed by atoms with Crippen LogP contribution in [0.5, 0.6) is 0 Å². The van der Waals surface area contributed by atoms with E-state index in [0.717, 1.165) is 6.07 Å². The van der Waals surface area contributed by atoms with Crippen molar-refractivity contribution in [2.75, 3.05) is 6.54 Å². The van der Waals surface area contributed by atoms with Crippen LogP contribution in [0.2, 0.25) is 0 Å². The number of carbonyl (C=O) groups is 2. The fraction of sp³-hybridized carbons (Fsp3) is 0.133. The van der Waals surface area contributed by atoms with Crippen molar-refractivity contribution < 1.29 is 22.8 Å². The molecule has 120 valence electrons. The second-order valence-electron chi connectivity index (χ2n) is 4.50. The molecule has 0 aliphatic heterocycles. The fourth-order valence-corrected chi connectivity index (χ4v) is 1.71. The maximum absolute atomic E-state index is 13.4. The van der Waals surface area contributed by atoms with Crippen molar-refractivity contribution in [1.82, 2.24) is 15.6 Å². The molecule has 2 amide bonds. The van der Waals surface area contributed by atoms with E-state index in [1.54, 1.807) is 24.4 Å². The Balaban J connectivity index is 1.87. The van der Waals surface area contributed by atoms with Crippen molar-refractivity contribution >= 4 is 11.8 Å². The summed E-state index contributed by atoms with van der Waals surface area (Å²) in [5.74, 6) is -6.29. The van der Waals surface area contributed by atoms with Crippen LogP contribution in [0.3, 0.4) is 0 Å². The highest BCUT2D eigenvalue weighted by Crippen LogP contribution is 2.14. The average molecular weight is 323 g/mol. The third-order valence-corrected chi connectivity index (χ3v) is 2.88. The van der Waals surface area contributed by atoms with Crippen molar-refractivity contribution in [1.29, 1.82) is 0 Å². The van der Waals surface area contributed by atoms with Gasteiger partial charge in [0, 0.05) is 6.20 Å². The lowest BCUT2D eigenvalue weighted by Crippen LogP contribution is -2.37. The Kier molecular flexibility index (Phi) is 5.29. The molecule has 0 aliphatic rings. The summed E-state index contributed by atoms with van der Waals surface area (Å²) in [5.41, 5.74) is -0.0553. The lowest BCUT2D eigenvalue weighted by atomic mass is 10.2. The van der Waals surface area contributed by atoms with E-state index in [2.05, 4.69) is 15.6 Å². The van der Waals surface area contributed by atoms with Gasteiger partial charge in [-0.25, -0.2) is 13.2 Å². The van der Waals surface area contributed by atoms with Gasteiger partial charge >= 0.3 is 0 Å². The third kappa shape index (κ3) is 4.29. The number of nitrogens with zero attached hydrogens (tertiary/aromatic N) is 1. The van der Waals surface area contributed by atoms with Gasteiger partial charge in [-0.05, 0) is 24.3 Å². The molecule has 1 heterocycles. The fourth-order valence-electron chi connectivity index (χ4n) is 1.71. The highest BCUT2D eigenvalue weighted by atomic mass is 19.2. The quantitative estimate of drug-likeness (QED) is 0.820. The van der Waals surface area contributed by atoms with E-state index < -0.39 is 41.4 Å². The molecule has 0 bridgehead atoms. The van der Waals surface area contributed by atoms with Gasteiger partial charge in [0.1, 0.15) is 0 Å². The molecule has 0 spiro atoms. The first-order valence-electron chi connectivity index (χ1n) is 6.57. The van der Waals surface area contributed by atoms with E-state index in [1.165, 1.54) is 0 Å². The lowest BCUT2D eigenvalue weighted by molar-refractivity contribution is -0.120. The second-order valence-corrected chi connectivity index (χ2v) is 4.50. The molecule has 5 nitrogen and oxygen atoms in total. The number of benzene rings is 1. The Morgan fingerprint density at radius 1 is 1.00 bits per heavy atom. The second kappa shape index (κ2) is 7.39. The summed E-state index contributed by atoms with van der Waals surface area (Å²) in [6, 6.07) is 6.61. The first kappa shape index (κ1) is 16.5. The summed E-state index contributed by atoms with van der Waals surface area (Å²) in [4.78, 5) is 27.2. The summed E-state index contributed by atoms with van der Waals surface area (Å²) in [6.07, 6.45) is 1.56. The Bertz CT molecular complexity index is 723. The van der Waals surface area contributed by atoms with Crippen LogP contribution in [-0.2, 0) is 11.3 Å². The largest absolute Gasteiger partial charge is 0.349 e. The van der Waals surface area contributed by atoms with Gasteiger partial charge < -0.3 is 10.6 Å². The first-order valence-corrected chi connectivity index (χ1v) is 6.57. The van der Waals surface area contributed by atoms with E-state index in [-0.39, 0.29) is 6.54 Å². The van der Waals surface area contributed by atoms with Gasteiger partial charge in [-0.15, -0.1) is 0 Å². The number of hydrogen-bond acceptors (Lipinski definition) is 3. The number of rotatable bonds is 5. The number of hydrogen-bond donors (Lipinski definition) is 2. The molecule has 0 radical (unpaired) electrons. The predicted octanol–water partition coefficient (Wildman–Crippen LogP) is 1.55. The number of amides is 2. The molecule has 1 aromatic heterocycles. The molecule has 0 unspecified atom stereocenters. The highest BCUT2D eigenvalue weighted by Gasteiger charge is 2.19. The van der Waals surface area contributed by atoms with Crippen molar-refractivity contribution in [3.8, 4) is 0 Å². The van der Waals surface area contributed by atoms with Crippen molar-refractivity contribution in [2.45, 2.75) is 6.54 Å². The smallest absolute Gasteiger partial charge is 0.254 e. The molecule has 0 aliphatic carbocycles. The van der Waals surface area contributed by atoms with Crippen LogP contribution in [-0.4, -0.2) is 23.3 Å². The molecule has 2 N–H and O–H groups in total. The molecular formula is C15H12F3N3O2. The molecule has 2 aromatic rings. The molecule has 0 atom stereocenters. The minimum atomic E-state index is -1.74. The number of aromatic nitrogens is 1. The summed E-state index contributed by atoms with van der Waals surface area (Å²) >= 11 is 0. The SMILES string of the molecule is O=C(CNC(=O)c1ccc(F)c(F)c1F)NCc1ccccn1. The summed E-state index contributed by atoms with van der Waals surface area (Å²) in [6.45, 7) is -0.279. The Morgan fingerprint density at radius 3 is 2.48 bits per heavy atom. The van der Waals surface area contributed by atoms with Crippen molar-refractivity contribution in [3.05, 3.63) is 65.2 Å². The Labute approximate surface area is 129 Å². The van der Waals surface area contributed by atoms with Gasteiger partial charge in [0.05, 0.1) is 24.3 Å². The summed E-state index contributed by atoms with van der Waals surface area (Å²) in [7, 11) is 0. The van der Waals surface area contributed by atoms with Crippen LogP contribution in [0, 0.1) is 17.5 Å². The number of halogens is 3. The Hall–Kier alpha value is -2.90. The maximum atomic E-state index is 13.4. The summed E-state index contributed by atoms with van der Waals surface area (Å²) < 4.78 is 39.2.